The van der Waals surface area contributed by atoms with E-state index in [0.717, 1.165) is 43.8 Å². The van der Waals surface area contributed by atoms with Gasteiger partial charge in [-0.3, -0.25) is 0 Å². The van der Waals surface area contributed by atoms with Crippen LogP contribution in [0.25, 0.3) is 77.2 Å². The first-order valence-corrected chi connectivity index (χ1v) is 19.0. The highest BCUT2D eigenvalue weighted by Gasteiger charge is 2.20. The summed E-state index contributed by atoms with van der Waals surface area (Å²) in [7, 11) is 0. The molecule has 0 aliphatic heterocycles. The number of fused-ring (bicyclic) bond motifs is 2. The molecule has 10 rings (SSSR count). The number of nitrogens with zero attached hydrogens (tertiary/aromatic N) is 1. The molecule has 0 fully saturated rings. The third-order valence-electron chi connectivity index (χ3n) is 10.4. The summed E-state index contributed by atoms with van der Waals surface area (Å²) in [5.74, 6) is 0. The molecule has 0 aliphatic rings. The average Bonchev–Trinajstić information content (AvgIpc) is 3.34. The van der Waals surface area contributed by atoms with Crippen LogP contribution in [0.5, 0.6) is 0 Å². The van der Waals surface area contributed by atoms with E-state index in [1.165, 1.54) is 0 Å². The van der Waals surface area contributed by atoms with Crippen LogP contribution in [0.2, 0.25) is 0 Å². The van der Waals surface area contributed by atoms with Gasteiger partial charge in [0.1, 0.15) is 0 Å². The number of anilines is 3. The van der Waals surface area contributed by atoms with E-state index in [1.807, 2.05) is 158 Å². The third kappa shape index (κ3) is 6.66. The van der Waals surface area contributed by atoms with Crippen LogP contribution in [0.15, 0.2) is 236 Å². The zero-order chi connectivity index (χ0) is 44.1. The van der Waals surface area contributed by atoms with Crippen molar-refractivity contribution in [1.29, 1.82) is 0 Å². The van der Waals surface area contributed by atoms with Crippen LogP contribution in [0.4, 0.5) is 17.1 Å². The maximum absolute atomic E-state index is 9.85. The van der Waals surface area contributed by atoms with Crippen LogP contribution in [-0.4, -0.2) is 0 Å². The van der Waals surface area contributed by atoms with Gasteiger partial charge in [0.25, 0.3) is 0 Å². The Bertz CT molecular complexity index is 3360. The van der Waals surface area contributed by atoms with E-state index in [0.29, 0.717) is 27.9 Å². The molecule has 0 amide bonds. The van der Waals surface area contributed by atoms with Crippen molar-refractivity contribution < 1.29 is 9.60 Å². The number of benzene rings is 10. The number of hydrogen-bond donors (Lipinski definition) is 0. The van der Waals surface area contributed by atoms with Crippen LogP contribution in [-0.2, 0) is 0 Å². The van der Waals surface area contributed by atoms with Gasteiger partial charge in [0, 0.05) is 16.9 Å². The molecule has 0 atom stereocenters. The third-order valence-corrected chi connectivity index (χ3v) is 10.4. The van der Waals surface area contributed by atoms with Gasteiger partial charge in [0.2, 0.25) is 0 Å². The standard InChI is InChI=1S/C56H39N/c1-4-14-40(15-5-1)49-31-37-55(54(39-49)43-17-6-2-7-18-43)57(50-32-26-42(27-33-50)48-25-24-41-16-10-11-22-47(41)38-48)51-34-28-45(29-35-51)53-36-30-44-19-12-13-23-52(44)56(53)46-20-8-3-9-21-46/h1-39H/i26D,27D,31D,32D,33D,37D,39D. The second-order valence-corrected chi connectivity index (χ2v) is 13.9. The average molecular weight is 733 g/mol. The van der Waals surface area contributed by atoms with Crippen LogP contribution in [0.3, 0.4) is 0 Å². The van der Waals surface area contributed by atoms with Gasteiger partial charge in [-0.25, -0.2) is 0 Å². The van der Waals surface area contributed by atoms with E-state index < -0.39 is 0 Å². The van der Waals surface area contributed by atoms with E-state index in [4.69, 9.17) is 0 Å². The highest BCUT2D eigenvalue weighted by molar-refractivity contribution is 6.04. The molecular weight excluding hydrogens is 687 g/mol. The van der Waals surface area contributed by atoms with Crippen molar-refractivity contribution in [2.45, 2.75) is 0 Å². The molecule has 0 spiro atoms. The van der Waals surface area contributed by atoms with E-state index in [1.54, 1.807) is 4.90 Å². The zero-order valence-corrected chi connectivity index (χ0v) is 30.9. The Morgan fingerprint density at radius 1 is 0.316 bits per heavy atom. The Morgan fingerprint density at radius 3 is 1.58 bits per heavy atom. The molecule has 0 saturated heterocycles. The second-order valence-electron chi connectivity index (χ2n) is 13.9. The Morgan fingerprint density at radius 2 is 0.860 bits per heavy atom. The summed E-state index contributed by atoms with van der Waals surface area (Å²) in [6.45, 7) is 0. The minimum atomic E-state index is -0.322. The molecule has 268 valence electrons. The Balaban J connectivity index is 1.25. The summed E-state index contributed by atoms with van der Waals surface area (Å²) in [4.78, 5) is 1.56. The molecule has 0 N–H and O–H groups in total. The predicted octanol–water partition coefficient (Wildman–Crippen LogP) is 15.8. The van der Waals surface area contributed by atoms with E-state index in [-0.39, 0.29) is 64.8 Å². The molecule has 0 bridgehead atoms. The fourth-order valence-corrected chi connectivity index (χ4v) is 7.63. The van der Waals surface area contributed by atoms with Crippen molar-refractivity contribution in [2.24, 2.45) is 0 Å². The van der Waals surface area contributed by atoms with Crippen molar-refractivity contribution in [3.63, 3.8) is 0 Å². The van der Waals surface area contributed by atoms with Gasteiger partial charge in [0.15, 0.2) is 0 Å². The van der Waals surface area contributed by atoms with Gasteiger partial charge >= 0.3 is 0 Å². The van der Waals surface area contributed by atoms with E-state index in [2.05, 4.69) is 36.4 Å². The smallest absolute Gasteiger partial charge is 0.0645 e. The molecular formula is C56H39N. The molecule has 0 aliphatic carbocycles. The fraction of sp³-hybridized carbons (Fsp3) is 0. The maximum atomic E-state index is 9.85. The predicted molar refractivity (Wildman–Crippen MR) is 243 cm³/mol. The van der Waals surface area contributed by atoms with Crippen LogP contribution in [0.1, 0.15) is 9.60 Å². The molecule has 10 aromatic carbocycles. The fourth-order valence-electron chi connectivity index (χ4n) is 7.63. The highest BCUT2D eigenvalue weighted by atomic mass is 15.1. The van der Waals surface area contributed by atoms with Gasteiger partial charge in [-0.05, 0) is 114 Å². The van der Waals surface area contributed by atoms with E-state index in [9.17, 15) is 9.60 Å². The highest BCUT2D eigenvalue weighted by Crippen LogP contribution is 2.45. The lowest BCUT2D eigenvalue weighted by atomic mass is 9.89. The molecule has 0 aromatic heterocycles. The quantitative estimate of drug-likeness (QED) is 0.150. The summed E-state index contributed by atoms with van der Waals surface area (Å²) >= 11 is 0. The summed E-state index contributed by atoms with van der Waals surface area (Å²) in [5.41, 5.74) is 6.96. The van der Waals surface area contributed by atoms with Crippen LogP contribution in [0, 0.1) is 0 Å². The zero-order valence-electron chi connectivity index (χ0n) is 37.9. The van der Waals surface area contributed by atoms with Crippen molar-refractivity contribution in [3.05, 3.63) is 236 Å². The molecule has 57 heavy (non-hydrogen) atoms. The Labute approximate surface area is 344 Å². The molecule has 0 saturated carbocycles. The monoisotopic (exact) mass is 732 g/mol. The van der Waals surface area contributed by atoms with Crippen molar-refractivity contribution in [1.82, 2.24) is 0 Å². The minimum Gasteiger partial charge on any atom is -0.310 e. The van der Waals surface area contributed by atoms with Gasteiger partial charge in [0.05, 0.1) is 15.3 Å². The van der Waals surface area contributed by atoms with Gasteiger partial charge in [-0.15, -0.1) is 0 Å². The number of rotatable bonds is 8. The number of hydrogen-bond acceptors (Lipinski definition) is 1. The van der Waals surface area contributed by atoms with Gasteiger partial charge in [-0.1, -0.05) is 194 Å². The minimum absolute atomic E-state index is 0.00160. The van der Waals surface area contributed by atoms with Crippen molar-refractivity contribution >= 4 is 38.6 Å². The first kappa shape index (κ1) is 27.2. The SMILES string of the molecule is [2H]c1c([2H])c(N(c2ccc(-c3ccc4ccccc4c3-c3ccccc3)cc2)c2c([2H])c([2H])c(-c3ccccc3)c([2H])c2-c2ccccc2)c([2H])c([2H])c1-c1ccc2ccccc2c1. The lowest BCUT2D eigenvalue weighted by molar-refractivity contribution is 1.28. The normalized spacial score (nSPS) is 12.9. The van der Waals surface area contributed by atoms with Gasteiger partial charge < -0.3 is 4.90 Å². The van der Waals surface area contributed by atoms with E-state index >= 15 is 0 Å². The first-order chi connectivity index (χ1) is 31.2. The molecule has 10 aromatic rings. The summed E-state index contributed by atoms with van der Waals surface area (Å²) in [5, 5.41) is 4.10. The largest absolute Gasteiger partial charge is 0.310 e. The lowest BCUT2D eigenvalue weighted by Crippen LogP contribution is -2.11. The van der Waals surface area contributed by atoms with Crippen LogP contribution < -0.4 is 4.90 Å². The first-order valence-electron chi connectivity index (χ1n) is 22.5. The molecule has 1 heteroatoms. The lowest BCUT2D eigenvalue weighted by Gasteiger charge is -2.29. The summed E-state index contributed by atoms with van der Waals surface area (Å²) in [6.07, 6.45) is 0. The summed E-state index contributed by atoms with van der Waals surface area (Å²) < 4.78 is 67.7. The molecule has 0 heterocycles. The second kappa shape index (κ2) is 15.0. The Kier molecular flexibility index (Phi) is 7.14. The molecule has 1 nitrogen and oxygen atoms in total. The van der Waals surface area contributed by atoms with Crippen molar-refractivity contribution in [3.8, 4) is 55.6 Å². The molecule has 0 radical (unpaired) electrons. The van der Waals surface area contributed by atoms with Crippen molar-refractivity contribution in [2.75, 3.05) is 4.90 Å². The summed E-state index contributed by atoms with van der Waals surface area (Å²) in [6, 6.07) is 60.7. The topological polar surface area (TPSA) is 3.24 Å². The van der Waals surface area contributed by atoms with Crippen LogP contribution >= 0.6 is 0 Å². The van der Waals surface area contributed by atoms with Gasteiger partial charge in [-0.2, -0.15) is 0 Å². The Hall–Kier alpha value is -7.48. The molecule has 0 unspecified atom stereocenters. The maximum Gasteiger partial charge on any atom is 0.0645 e.